The Morgan fingerprint density at radius 3 is 2.65 bits per heavy atom. The maximum absolute atomic E-state index is 11.4. The van der Waals surface area contributed by atoms with E-state index in [4.69, 9.17) is 5.73 Å². The van der Waals surface area contributed by atoms with Gasteiger partial charge in [-0.25, -0.2) is 0 Å². The SMILES string of the molecule is CC1(C)CCCN(CC(N)(C(=O)O)C2CC2)C1. The molecule has 3 N–H and O–H groups in total. The van der Waals surface area contributed by atoms with Crippen molar-refractivity contribution in [3.8, 4) is 0 Å². The summed E-state index contributed by atoms with van der Waals surface area (Å²) >= 11 is 0. The van der Waals surface area contributed by atoms with Crippen LogP contribution in [0.3, 0.4) is 0 Å². The average Bonchev–Trinajstić information content (AvgIpc) is 2.98. The molecule has 4 nitrogen and oxygen atoms in total. The van der Waals surface area contributed by atoms with E-state index in [9.17, 15) is 9.90 Å². The van der Waals surface area contributed by atoms with Gasteiger partial charge in [0.15, 0.2) is 0 Å². The summed E-state index contributed by atoms with van der Waals surface area (Å²) < 4.78 is 0. The fraction of sp³-hybridized carbons (Fsp3) is 0.923. The molecule has 0 aromatic rings. The molecule has 0 aromatic heterocycles. The quantitative estimate of drug-likeness (QED) is 0.777. The molecule has 0 radical (unpaired) electrons. The first-order chi connectivity index (χ1) is 7.83. The molecule has 2 aliphatic rings. The van der Waals surface area contributed by atoms with Crippen LogP contribution in [0.1, 0.15) is 39.5 Å². The summed E-state index contributed by atoms with van der Waals surface area (Å²) in [4.78, 5) is 13.6. The van der Waals surface area contributed by atoms with Gasteiger partial charge >= 0.3 is 5.97 Å². The fourth-order valence-corrected chi connectivity index (χ4v) is 3.02. The summed E-state index contributed by atoms with van der Waals surface area (Å²) in [5.41, 5.74) is 5.40. The second-order valence-corrected chi connectivity index (χ2v) is 6.60. The molecule has 17 heavy (non-hydrogen) atoms. The summed E-state index contributed by atoms with van der Waals surface area (Å²) in [6.45, 7) is 6.95. The normalized spacial score (nSPS) is 28.6. The standard InChI is InChI=1S/C13H24N2O2/c1-12(2)6-3-7-15(8-12)9-13(14,11(16)17)10-4-5-10/h10H,3-9,14H2,1-2H3,(H,16,17). The van der Waals surface area contributed by atoms with Crippen molar-refractivity contribution in [2.24, 2.45) is 17.1 Å². The number of piperidine rings is 1. The molecule has 0 aromatic carbocycles. The van der Waals surface area contributed by atoms with E-state index in [2.05, 4.69) is 18.7 Å². The molecule has 1 atom stereocenters. The summed E-state index contributed by atoms with van der Waals surface area (Å²) in [7, 11) is 0. The van der Waals surface area contributed by atoms with Gasteiger partial charge in [-0.05, 0) is 43.6 Å². The van der Waals surface area contributed by atoms with Crippen molar-refractivity contribution in [3.63, 3.8) is 0 Å². The molecule has 1 aliphatic heterocycles. The summed E-state index contributed by atoms with van der Waals surface area (Å²) in [5, 5.41) is 9.35. The molecule has 0 amide bonds. The Bertz CT molecular complexity index is 313. The van der Waals surface area contributed by atoms with Gasteiger partial charge < -0.3 is 15.7 Å². The van der Waals surface area contributed by atoms with Gasteiger partial charge in [-0.2, -0.15) is 0 Å². The monoisotopic (exact) mass is 240 g/mol. The van der Waals surface area contributed by atoms with Crippen LogP contribution in [0.15, 0.2) is 0 Å². The lowest BCUT2D eigenvalue weighted by atomic mass is 9.83. The molecule has 98 valence electrons. The molecular formula is C13H24N2O2. The van der Waals surface area contributed by atoms with Crippen molar-refractivity contribution in [3.05, 3.63) is 0 Å². The van der Waals surface area contributed by atoms with Crippen LogP contribution in [-0.4, -0.2) is 41.1 Å². The van der Waals surface area contributed by atoms with Crippen LogP contribution in [0.2, 0.25) is 0 Å². The number of hydrogen-bond donors (Lipinski definition) is 2. The third-order valence-corrected chi connectivity index (χ3v) is 4.17. The van der Waals surface area contributed by atoms with Gasteiger partial charge in [0, 0.05) is 13.1 Å². The van der Waals surface area contributed by atoms with E-state index in [1.807, 2.05) is 0 Å². The first-order valence-electron chi connectivity index (χ1n) is 6.58. The number of carboxylic acid groups (broad SMARTS) is 1. The fourth-order valence-electron chi connectivity index (χ4n) is 3.02. The first-order valence-corrected chi connectivity index (χ1v) is 6.58. The number of likely N-dealkylation sites (tertiary alicyclic amines) is 1. The van der Waals surface area contributed by atoms with E-state index in [1.54, 1.807) is 0 Å². The maximum atomic E-state index is 11.4. The molecule has 1 saturated heterocycles. The van der Waals surface area contributed by atoms with E-state index >= 15 is 0 Å². The van der Waals surface area contributed by atoms with E-state index in [0.717, 1.165) is 32.4 Å². The highest BCUT2D eigenvalue weighted by Gasteiger charge is 2.49. The maximum Gasteiger partial charge on any atom is 0.325 e. The third kappa shape index (κ3) is 2.80. The lowest BCUT2D eigenvalue weighted by molar-refractivity contribution is -0.145. The van der Waals surface area contributed by atoms with Crippen molar-refractivity contribution < 1.29 is 9.90 Å². The highest BCUT2D eigenvalue weighted by molar-refractivity contribution is 5.79. The van der Waals surface area contributed by atoms with Crippen molar-refractivity contribution in [1.82, 2.24) is 4.90 Å². The van der Waals surface area contributed by atoms with Crippen molar-refractivity contribution in [1.29, 1.82) is 0 Å². The van der Waals surface area contributed by atoms with E-state index in [-0.39, 0.29) is 5.92 Å². The second kappa shape index (κ2) is 4.25. The highest BCUT2D eigenvalue weighted by atomic mass is 16.4. The minimum absolute atomic E-state index is 0.185. The van der Waals surface area contributed by atoms with Crippen LogP contribution in [-0.2, 0) is 4.79 Å². The molecule has 2 fully saturated rings. The number of carbonyl (C=O) groups is 1. The number of nitrogens with two attached hydrogens (primary N) is 1. The Kier molecular flexibility index (Phi) is 3.21. The van der Waals surface area contributed by atoms with Crippen LogP contribution in [0.4, 0.5) is 0 Å². The van der Waals surface area contributed by atoms with Crippen LogP contribution in [0.5, 0.6) is 0 Å². The van der Waals surface area contributed by atoms with Gasteiger partial charge in [0.05, 0.1) is 0 Å². The molecule has 1 unspecified atom stereocenters. The number of rotatable bonds is 4. The summed E-state index contributed by atoms with van der Waals surface area (Å²) in [6.07, 6.45) is 4.31. The molecule has 1 aliphatic carbocycles. The van der Waals surface area contributed by atoms with Gasteiger partial charge in [-0.15, -0.1) is 0 Å². The van der Waals surface area contributed by atoms with Gasteiger partial charge in [0.1, 0.15) is 5.54 Å². The largest absolute Gasteiger partial charge is 0.480 e. The predicted molar refractivity (Wildman–Crippen MR) is 66.7 cm³/mol. The first kappa shape index (κ1) is 12.8. The molecule has 0 bridgehead atoms. The summed E-state index contributed by atoms with van der Waals surface area (Å²) in [5.74, 6) is -0.645. The lowest BCUT2D eigenvalue weighted by Crippen LogP contribution is -2.59. The van der Waals surface area contributed by atoms with Crippen LogP contribution >= 0.6 is 0 Å². The van der Waals surface area contributed by atoms with Gasteiger partial charge in [-0.1, -0.05) is 13.8 Å². The van der Waals surface area contributed by atoms with E-state index in [0.29, 0.717) is 12.0 Å². The van der Waals surface area contributed by atoms with Crippen LogP contribution in [0.25, 0.3) is 0 Å². The Balaban J connectivity index is 2.01. The molecule has 2 rings (SSSR count). The predicted octanol–water partition coefficient (Wildman–Crippen LogP) is 1.30. The molecule has 4 heteroatoms. The summed E-state index contributed by atoms with van der Waals surface area (Å²) in [6, 6.07) is 0. The molecule has 1 heterocycles. The van der Waals surface area contributed by atoms with Crippen LogP contribution in [0, 0.1) is 11.3 Å². The Morgan fingerprint density at radius 1 is 1.53 bits per heavy atom. The highest BCUT2D eigenvalue weighted by Crippen LogP contribution is 2.40. The number of carboxylic acids is 1. The Labute approximate surface area is 103 Å². The number of hydrogen-bond acceptors (Lipinski definition) is 3. The van der Waals surface area contributed by atoms with Gasteiger partial charge in [0.25, 0.3) is 0 Å². The zero-order valence-corrected chi connectivity index (χ0v) is 10.9. The van der Waals surface area contributed by atoms with Crippen LogP contribution < -0.4 is 5.73 Å². The third-order valence-electron chi connectivity index (χ3n) is 4.17. The van der Waals surface area contributed by atoms with Gasteiger partial charge in [0.2, 0.25) is 0 Å². The minimum Gasteiger partial charge on any atom is -0.480 e. The van der Waals surface area contributed by atoms with Crippen molar-refractivity contribution >= 4 is 5.97 Å². The van der Waals surface area contributed by atoms with E-state index in [1.165, 1.54) is 6.42 Å². The minimum atomic E-state index is -1.02. The zero-order chi connectivity index (χ0) is 12.7. The number of aliphatic carboxylic acids is 1. The van der Waals surface area contributed by atoms with Crippen molar-refractivity contribution in [2.75, 3.05) is 19.6 Å². The molecule has 1 saturated carbocycles. The number of nitrogens with zero attached hydrogens (tertiary/aromatic N) is 1. The topological polar surface area (TPSA) is 66.6 Å². The lowest BCUT2D eigenvalue weighted by Gasteiger charge is -2.41. The van der Waals surface area contributed by atoms with Crippen molar-refractivity contribution in [2.45, 2.75) is 45.1 Å². The second-order valence-electron chi connectivity index (χ2n) is 6.60. The van der Waals surface area contributed by atoms with Gasteiger partial charge in [-0.3, -0.25) is 4.79 Å². The Morgan fingerprint density at radius 2 is 2.18 bits per heavy atom. The van der Waals surface area contributed by atoms with E-state index < -0.39 is 11.5 Å². The Hall–Kier alpha value is -0.610. The average molecular weight is 240 g/mol. The molecular weight excluding hydrogens is 216 g/mol. The molecule has 0 spiro atoms. The smallest absolute Gasteiger partial charge is 0.325 e. The zero-order valence-electron chi connectivity index (χ0n) is 10.9.